The summed E-state index contributed by atoms with van der Waals surface area (Å²) in [4.78, 5) is 18.9. The van der Waals surface area contributed by atoms with Gasteiger partial charge in [-0.05, 0) is 31.6 Å². The van der Waals surface area contributed by atoms with Gasteiger partial charge >= 0.3 is 0 Å². The third-order valence-electron chi connectivity index (χ3n) is 4.05. The van der Waals surface area contributed by atoms with Crippen molar-refractivity contribution in [3.05, 3.63) is 50.7 Å². The number of rotatable bonds is 6. The lowest BCUT2D eigenvalue weighted by molar-refractivity contribution is -0.131. The summed E-state index contributed by atoms with van der Waals surface area (Å²) in [5.74, 6) is 0.629. The topological polar surface area (TPSA) is 66.8 Å². The van der Waals surface area contributed by atoms with E-state index >= 15 is 0 Å². The highest BCUT2D eigenvalue weighted by Gasteiger charge is 2.16. The number of nitrogens with zero attached hydrogens (tertiary/aromatic N) is 4. The number of benzene rings is 1. The Balaban J connectivity index is 1.77. The number of H-pyrrole nitrogens is 1. The van der Waals surface area contributed by atoms with Crippen LogP contribution < -0.4 is 0 Å². The van der Waals surface area contributed by atoms with Crippen LogP contribution in [0.1, 0.15) is 23.2 Å². The minimum absolute atomic E-state index is 0.0394. The predicted molar refractivity (Wildman–Crippen MR) is 106 cm³/mol. The summed E-state index contributed by atoms with van der Waals surface area (Å²) in [6.45, 7) is 4.72. The van der Waals surface area contributed by atoms with Gasteiger partial charge in [0.1, 0.15) is 6.54 Å². The van der Waals surface area contributed by atoms with Gasteiger partial charge in [0, 0.05) is 18.0 Å². The lowest BCUT2D eigenvalue weighted by Crippen LogP contribution is -2.30. The number of hydrogen-bond acceptors (Lipinski definition) is 5. The minimum atomic E-state index is -0.0394. The van der Waals surface area contributed by atoms with Crippen LogP contribution >= 0.6 is 23.6 Å². The highest BCUT2D eigenvalue weighted by atomic mass is 32.1. The van der Waals surface area contributed by atoms with E-state index in [4.69, 9.17) is 12.2 Å². The average molecular weight is 388 g/mol. The SMILES string of the molecule is CCc1nc(CN(C)C(=O)Cn2c(-c3cccc(C)c3)n[nH]c2=S)cs1. The molecule has 2 heterocycles. The molecule has 1 aromatic carbocycles. The van der Waals surface area contributed by atoms with Crippen molar-refractivity contribution < 1.29 is 4.79 Å². The molecule has 8 heteroatoms. The summed E-state index contributed by atoms with van der Waals surface area (Å²) in [6.07, 6.45) is 0.909. The van der Waals surface area contributed by atoms with Crippen LogP contribution in [-0.4, -0.2) is 37.6 Å². The van der Waals surface area contributed by atoms with E-state index in [-0.39, 0.29) is 12.5 Å². The molecule has 0 atom stereocenters. The number of carbonyl (C=O) groups excluding carboxylic acids is 1. The van der Waals surface area contributed by atoms with Crippen LogP contribution in [0.15, 0.2) is 29.6 Å². The van der Waals surface area contributed by atoms with Gasteiger partial charge in [-0.2, -0.15) is 5.10 Å². The number of aromatic amines is 1. The summed E-state index contributed by atoms with van der Waals surface area (Å²) >= 11 is 6.95. The molecule has 26 heavy (non-hydrogen) atoms. The van der Waals surface area contributed by atoms with Crippen LogP contribution in [0.3, 0.4) is 0 Å². The second kappa shape index (κ2) is 7.92. The molecule has 2 aromatic heterocycles. The van der Waals surface area contributed by atoms with Gasteiger partial charge in [-0.1, -0.05) is 30.7 Å². The summed E-state index contributed by atoms with van der Waals surface area (Å²) in [6, 6.07) is 7.97. The molecule has 0 unspecified atom stereocenters. The van der Waals surface area contributed by atoms with Crippen molar-refractivity contribution in [3.63, 3.8) is 0 Å². The Hall–Kier alpha value is -2.32. The number of hydrogen-bond donors (Lipinski definition) is 1. The van der Waals surface area contributed by atoms with E-state index in [1.165, 1.54) is 0 Å². The first-order valence-electron chi connectivity index (χ1n) is 8.37. The molecule has 1 amide bonds. The summed E-state index contributed by atoms with van der Waals surface area (Å²) in [7, 11) is 1.78. The summed E-state index contributed by atoms with van der Waals surface area (Å²) < 4.78 is 2.17. The molecule has 0 aliphatic rings. The molecule has 0 saturated carbocycles. The van der Waals surface area contributed by atoms with E-state index in [0.29, 0.717) is 17.1 Å². The van der Waals surface area contributed by atoms with E-state index in [9.17, 15) is 4.79 Å². The zero-order valence-electron chi connectivity index (χ0n) is 15.0. The Labute approximate surface area is 161 Å². The van der Waals surface area contributed by atoms with Crippen molar-refractivity contribution in [1.29, 1.82) is 0 Å². The fourth-order valence-corrected chi connectivity index (χ4v) is 3.57. The van der Waals surface area contributed by atoms with E-state index < -0.39 is 0 Å². The molecule has 0 aliphatic heterocycles. The van der Waals surface area contributed by atoms with Crippen LogP contribution in [0.25, 0.3) is 11.4 Å². The first-order valence-corrected chi connectivity index (χ1v) is 9.66. The van der Waals surface area contributed by atoms with Gasteiger partial charge in [-0.25, -0.2) is 4.98 Å². The van der Waals surface area contributed by atoms with E-state index in [0.717, 1.165) is 28.2 Å². The third kappa shape index (κ3) is 4.08. The molecule has 0 fully saturated rings. The number of aromatic nitrogens is 4. The van der Waals surface area contributed by atoms with Gasteiger partial charge in [0.2, 0.25) is 5.91 Å². The molecule has 0 bridgehead atoms. The zero-order chi connectivity index (χ0) is 18.7. The maximum Gasteiger partial charge on any atom is 0.242 e. The van der Waals surface area contributed by atoms with Crippen molar-refractivity contribution in [2.45, 2.75) is 33.4 Å². The fourth-order valence-electron chi connectivity index (χ4n) is 2.64. The van der Waals surface area contributed by atoms with E-state index in [1.54, 1.807) is 27.9 Å². The Morgan fingerprint density at radius 2 is 2.23 bits per heavy atom. The monoisotopic (exact) mass is 387 g/mol. The van der Waals surface area contributed by atoms with Crippen LogP contribution in [0.5, 0.6) is 0 Å². The second-order valence-corrected chi connectivity index (χ2v) is 7.47. The molecule has 0 saturated heterocycles. The number of amides is 1. The highest BCUT2D eigenvalue weighted by molar-refractivity contribution is 7.71. The Morgan fingerprint density at radius 3 is 2.92 bits per heavy atom. The fraction of sp³-hybridized carbons (Fsp3) is 0.333. The Kier molecular flexibility index (Phi) is 5.63. The predicted octanol–water partition coefficient (Wildman–Crippen LogP) is 3.59. The Morgan fingerprint density at radius 1 is 1.42 bits per heavy atom. The van der Waals surface area contributed by atoms with Crippen molar-refractivity contribution in [1.82, 2.24) is 24.6 Å². The third-order valence-corrected chi connectivity index (χ3v) is 5.41. The number of carbonyl (C=O) groups is 1. The van der Waals surface area contributed by atoms with E-state index in [2.05, 4.69) is 22.1 Å². The number of thiazole rings is 1. The lowest BCUT2D eigenvalue weighted by Gasteiger charge is -2.17. The number of likely N-dealkylation sites (N-methyl/N-ethyl adjacent to an activating group) is 1. The van der Waals surface area contributed by atoms with E-state index in [1.807, 2.05) is 36.6 Å². The van der Waals surface area contributed by atoms with Gasteiger partial charge in [0.25, 0.3) is 0 Å². The molecule has 6 nitrogen and oxygen atoms in total. The summed E-state index contributed by atoms with van der Waals surface area (Å²) in [5, 5.41) is 10.2. The van der Waals surface area contributed by atoms with Gasteiger partial charge in [0.05, 0.1) is 17.2 Å². The van der Waals surface area contributed by atoms with Crippen molar-refractivity contribution >= 4 is 29.5 Å². The molecule has 3 rings (SSSR count). The zero-order valence-corrected chi connectivity index (χ0v) is 16.7. The quantitative estimate of drug-likeness (QED) is 0.657. The Bertz CT molecular complexity index is 972. The van der Waals surface area contributed by atoms with Crippen LogP contribution in [-0.2, 0) is 24.3 Å². The van der Waals surface area contributed by atoms with Gasteiger partial charge in [0.15, 0.2) is 10.6 Å². The standard InChI is InChI=1S/C18H21N5OS2/c1-4-15-19-14(11-26-15)9-22(3)16(24)10-23-17(20-21-18(23)25)13-7-5-6-12(2)8-13/h5-8,11H,4,9-10H2,1-3H3,(H,21,25). The second-order valence-electron chi connectivity index (χ2n) is 6.14. The first kappa shape index (κ1) is 18.5. The number of aryl methyl sites for hydroxylation is 2. The maximum absolute atomic E-state index is 12.7. The molecule has 0 aliphatic carbocycles. The van der Waals surface area contributed by atoms with Crippen molar-refractivity contribution in [3.8, 4) is 11.4 Å². The molecule has 0 radical (unpaired) electrons. The van der Waals surface area contributed by atoms with Gasteiger partial charge in [-0.15, -0.1) is 11.3 Å². The molecule has 3 aromatic rings. The van der Waals surface area contributed by atoms with Crippen LogP contribution in [0.2, 0.25) is 0 Å². The molecule has 136 valence electrons. The normalized spacial score (nSPS) is 10.9. The average Bonchev–Trinajstić information content (AvgIpc) is 3.22. The molecular formula is C18H21N5OS2. The minimum Gasteiger partial charge on any atom is -0.338 e. The molecule has 1 N–H and O–H groups in total. The molecular weight excluding hydrogens is 366 g/mol. The van der Waals surface area contributed by atoms with Crippen molar-refractivity contribution in [2.75, 3.05) is 7.05 Å². The van der Waals surface area contributed by atoms with Gasteiger partial charge < -0.3 is 4.90 Å². The number of nitrogens with one attached hydrogen (secondary N) is 1. The highest BCUT2D eigenvalue weighted by Crippen LogP contribution is 2.19. The van der Waals surface area contributed by atoms with Crippen LogP contribution in [0, 0.1) is 11.7 Å². The first-order chi connectivity index (χ1) is 12.5. The largest absolute Gasteiger partial charge is 0.338 e. The maximum atomic E-state index is 12.7. The van der Waals surface area contributed by atoms with Crippen LogP contribution in [0.4, 0.5) is 0 Å². The smallest absolute Gasteiger partial charge is 0.242 e. The lowest BCUT2D eigenvalue weighted by atomic mass is 10.1. The molecule has 0 spiro atoms. The summed E-state index contributed by atoms with van der Waals surface area (Å²) in [5.41, 5.74) is 2.97. The van der Waals surface area contributed by atoms with Crippen molar-refractivity contribution in [2.24, 2.45) is 0 Å². The van der Waals surface area contributed by atoms with Gasteiger partial charge in [-0.3, -0.25) is 14.5 Å².